The summed E-state index contributed by atoms with van der Waals surface area (Å²) in [5.74, 6) is -3.43. The standard InChI is InChI=1S/C8H8BrF2NO2/c9-4-1-3(5(12)2-13)8(14)7(11)6(4)10/h1,5,13-14H,2,12H2/t5-/m0/s1. The summed E-state index contributed by atoms with van der Waals surface area (Å²) in [7, 11) is 0. The van der Waals surface area contributed by atoms with Crippen LogP contribution < -0.4 is 5.73 Å². The average Bonchev–Trinajstić information content (AvgIpc) is 2.19. The number of phenols is 1. The van der Waals surface area contributed by atoms with Gasteiger partial charge in [0, 0.05) is 5.56 Å². The normalized spacial score (nSPS) is 12.9. The molecule has 0 fully saturated rings. The van der Waals surface area contributed by atoms with Gasteiger partial charge < -0.3 is 15.9 Å². The minimum absolute atomic E-state index is 0.0433. The summed E-state index contributed by atoms with van der Waals surface area (Å²) >= 11 is 2.77. The van der Waals surface area contributed by atoms with Crippen molar-refractivity contribution in [2.45, 2.75) is 6.04 Å². The van der Waals surface area contributed by atoms with Gasteiger partial charge in [0.05, 0.1) is 17.1 Å². The Labute approximate surface area is 87.3 Å². The van der Waals surface area contributed by atoms with Crippen molar-refractivity contribution in [1.29, 1.82) is 0 Å². The summed E-state index contributed by atoms with van der Waals surface area (Å²) < 4.78 is 25.7. The van der Waals surface area contributed by atoms with E-state index in [9.17, 15) is 13.9 Å². The Morgan fingerprint density at radius 1 is 1.43 bits per heavy atom. The largest absolute Gasteiger partial charge is 0.505 e. The monoisotopic (exact) mass is 267 g/mol. The van der Waals surface area contributed by atoms with Gasteiger partial charge in [0.1, 0.15) is 0 Å². The Hall–Kier alpha value is -0.720. The Bertz CT molecular complexity index is 360. The molecule has 1 rings (SSSR count). The second-order valence-corrected chi connectivity index (χ2v) is 3.57. The number of hydrogen-bond donors (Lipinski definition) is 3. The molecule has 78 valence electrons. The topological polar surface area (TPSA) is 66.5 Å². The third-order valence-corrected chi connectivity index (χ3v) is 2.34. The molecule has 0 aliphatic rings. The van der Waals surface area contributed by atoms with Crippen molar-refractivity contribution in [1.82, 2.24) is 0 Å². The summed E-state index contributed by atoms with van der Waals surface area (Å²) in [6, 6.07) is 0.190. The molecule has 14 heavy (non-hydrogen) atoms. The number of aliphatic hydroxyl groups is 1. The SMILES string of the molecule is N[C@@H](CO)c1cc(Br)c(F)c(F)c1O. The van der Waals surface area contributed by atoms with Gasteiger partial charge in [-0.05, 0) is 22.0 Å². The van der Waals surface area contributed by atoms with E-state index in [1.807, 2.05) is 0 Å². The Morgan fingerprint density at radius 2 is 2.00 bits per heavy atom. The lowest BCUT2D eigenvalue weighted by molar-refractivity contribution is 0.263. The van der Waals surface area contributed by atoms with Gasteiger partial charge in [-0.15, -0.1) is 0 Å². The number of rotatable bonds is 2. The molecular formula is C8H8BrF2NO2. The molecule has 3 nitrogen and oxygen atoms in total. The van der Waals surface area contributed by atoms with Crippen molar-refractivity contribution >= 4 is 15.9 Å². The van der Waals surface area contributed by atoms with Crippen LogP contribution in [-0.4, -0.2) is 16.8 Å². The molecule has 1 atom stereocenters. The maximum Gasteiger partial charge on any atom is 0.201 e. The number of halogens is 3. The maximum absolute atomic E-state index is 13.0. The highest BCUT2D eigenvalue weighted by Gasteiger charge is 2.19. The fourth-order valence-electron chi connectivity index (χ4n) is 0.985. The highest BCUT2D eigenvalue weighted by atomic mass is 79.9. The van der Waals surface area contributed by atoms with E-state index < -0.39 is 30.0 Å². The zero-order valence-corrected chi connectivity index (χ0v) is 8.55. The van der Waals surface area contributed by atoms with Crippen LogP contribution in [0.25, 0.3) is 0 Å². The molecule has 0 aromatic heterocycles. The smallest absolute Gasteiger partial charge is 0.201 e. The molecular weight excluding hydrogens is 260 g/mol. The van der Waals surface area contributed by atoms with Crippen molar-refractivity contribution < 1.29 is 19.0 Å². The van der Waals surface area contributed by atoms with Crippen LogP contribution in [0.4, 0.5) is 8.78 Å². The van der Waals surface area contributed by atoms with Gasteiger partial charge in [-0.1, -0.05) is 0 Å². The first-order valence-corrected chi connectivity index (χ1v) is 4.51. The first kappa shape index (κ1) is 11.4. The van der Waals surface area contributed by atoms with Gasteiger partial charge >= 0.3 is 0 Å². The molecule has 0 aliphatic heterocycles. The number of benzene rings is 1. The quantitative estimate of drug-likeness (QED) is 0.711. The second kappa shape index (κ2) is 4.20. The number of aromatic hydroxyl groups is 1. The highest BCUT2D eigenvalue weighted by Crippen LogP contribution is 2.32. The van der Waals surface area contributed by atoms with Gasteiger partial charge in [0.25, 0.3) is 0 Å². The number of phenolic OH excluding ortho intramolecular Hbond substituents is 1. The molecule has 0 unspecified atom stereocenters. The highest BCUT2D eigenvalue weighted by molar-refractivity contribution is 9.10. The van der Waals surface area contributed by atoms with E-state index in [1.54, 1.807) is 0 Å². The lowest BCUT2D eigenvalue weighted by Crippen LogP contribution is -2.15. The molecule has 0 radical (unpaired) electrons. The van der Waals surface area contributed by atoms with Crippen molar-refractivity contribution in [2.75, 3.05) is 6.61 Å². The first-order chi connectivity index (χ1) is 6.49. The van der Waals surface area contributed by atoms with Crippen LogP contribution in [0.15, 0.2) is 10.5 Å². The predicted molar refractivity (Wildman–Crippen MR) is 49.7 cm³/mol. The molecule has 0 bridgehead atoms. The first-order valence-electron chi connectivity index (χ1n) is 3.71. The third-order valence-electron chi connectivity index (χ3n) is 1.76. The fraction of sp³-hybridized carbons (Fsp3) is 0.250. The molecule has 0 amide bonds. The van der Waals surface area contributed by atoms with E-state index in [4.69, 9.17) is 10.8 Å². The van der Waals surface area contributed by atoms with Crippen molar-refractivity contribution in [3.05, 3.63) is 27.7 Å². The average molecular weight is 268 g/mol. The van der Waals surface area contributed by atoms with Crippen LogP contribution in [0.1, 0.15) is 11.6 Å². The molecule has 1 aromatic rings. The molecule has 0 heterocycles. The Balaban J connectivity index is 3.33. The van der Waals surface area contributed by atoms with Gasteiger partial charge in [0.15, 0.2) is 11.6 Å². The van der Waals surface area contributed by atoms with Crippen LogP contribution in [-0.2, 0) is 0 Å². The minimum atomic E-state index is -1.38. The van der Waals surface area contributed by atoms with Gasteiger partial charge in [-0.2, -0.15) is 4.39 Å². The van der Waals surface area contributed by atoms with Gasteiger partial charge in [-0.3, -0.25) is 0 Å². The molecule has 1 aromatic carbocycles. The molecule has 4 N–H and O–H groups in total. The van der Waals surface area contributed by atoms with Crippen molar-refractivity contribution in [3.8, 4) is 5.75 Å². The minimum Gasteiger partial charge on any atom is -0.505 e. The van der Waals surface area contributed by atoms with E-state index in [0.717, 1.165) is 6.07 Å². The van der Waals surface area contributed by atoms with Crippen LogP contribution in [0.2, 0.25) is 0 Å². The molecule has 0 aliphatic carbocycles. The number of hydrogen-bond acceptors (Lipinski definition) is 3. The Kier molecular flexibility index (Phi) is 3.41. The van der Waals surface area contributed by atoms with E-state index in [2.05, 4.69) is 15.9 Å². The van der Waals surface area contributed by atoms with E-state index in [0.29, 0.717) is 0 Å². The zero-order chi connectivity index (χ0) is 10.9. The van der Waals surface area contributed by atoms with Crippen LogP contribution in [0, 0.1) is 11.6 Å². The van der Waals surface area contributed by atoms with Crippen LogP contribution in [0.3, 0.4) is 0 Å². The number of aliphatic hydroxyl groups excluding tert-OH is 1. The molecule has 0 spiro atoms. The summed E-state index contributed by atoms with van der Waals surface area (Å²) in [6.45, 7) is -0.467. The van der Waals surface area contributed by atoms with E-state index in [1.165, 1.54) is 0 Å². The maximum atomic E-state index is 13.0. The Morgan fingerprint density at radius 3 is 2.50 bits per heavy atom. The van der Waals surface area contributed by atoms with E-state index >= 15 is 0 Å². The van der Waals surface area contributed by atoms with Crippen molar-refractivity contribution in [2.24, 2.45) is 5.73 Å². The summed E-state index contributed by atoms with van der Waals surface area (Å²) in [6.07, 6.45) is 0. The van der Waals surface area contributed by atoms with Gasteiger partial charge in [0.2, 0.25) is 5.82 Å². The van der Waals surface area contributed by atoms with E-state index in [-0.39, 0.29) is 10.0 Å². The molecule has 0 saturated carbocycles. The third kappa shape index (κ3) is 1.87. The van der Waals surface area contributed by atoms with Gasteiger partial charge in [-0.25, -0.2) is 4.39 Å². The fourth-order valence-corrected chi connectivity index (χ4v) is 1.41. The summed E-state index contributed by atoms with van der Waals surface area (Å²) in [5, 5.41) is 17.9. The molecule has 0 saturated heterocycles. The van der Waals surface area contributed by atoms with Crippen LogP contribution >= 0.6 is 15.9 Å². The molecule has 6 heteroatoms. The zero-order valence-electron chi connectivity index (χ0n) is 6.97. The second-order valence-electron chi connectivity index (χ2n) is 2.71. The van der Waals surface area contributed by atoms with Crippen LogP contribution in [0.5, 0.6) is 5.75 Å². The predicted octanol–water partition coefficient (Wildman–Crippen LogP) is 1.42. The summed E-state index contributed by atoms with van der Waals surface area (Å²) in [4.78, 5) is 0. The van der Waals surface area contributed by atoms with Crippen molar-refractivity contribution in [3.63, 3.8) is 0 Å². The lowest BCUT2D eigenvalue weighted by Gasteiger charge is -2.12. The number of nitrogens with two attached hydrogens (primary N) is 1. The summed E-state index contributed by atoms with van der Waals surface area (Å²) in [5.41, 5.74) is 5.32. The lowest BCUT2D eigenvalue weighted by atomic mass is 10.1.